The smallest absolute Gasteiger partial charge is 0.306 e. The molecule has 6 atom stereocenters. The zero-order valence-corrected chi connectivity index (χ0v) is 20.8. The van der Waals surface area contributed by atoms with E-state index in [1.165, 1.54) is 6.20 Å². The van der Waals surface area contributed by atoms with E-state index in [4.69, 9.17) is 4.74 Å². The van der Waals surface area contributed by atoms with Crippen LogP contribution in [0.25, 0.3) is 6.08 Å². The summed E-state index contributed by atoms with van der Waals surface area (Å²) in [7, 11) is 0. The van der Waals surface area contributed by atoms with Crippen molar-refractivity contribution in [1.29, 1.82) is 0 Å². The van der Waals surface area contributed by atoms with E-state index in [9.17, 15) is 19.8 Å². The SMILES string of the molecule is C/C(=C\c1cnon1)C1CC2C(CCCCC(O)[C@@H](C)C(=O)C(C)(C)CCC(=O)O1)N2CCO. The van der Waals surface area contributed by atoms with Crippen molar-refractivity contribution >= 4 is 17.8 Å². The number of cyclic esters (lactones) is 1. The van der Waals surface area contributed by atoms with Crippen molar-refractivity contribution in [2.75, 3.05) is 13.2 Å². The number of aliphatic hydroxyl groups excluding tert-OH is 2. The van der Waals surface area contributed by atoms with E-state index in [2.05, 4.69) is 19.8 Å². The van der Waals surface area contributed by atoms with Crippen molar-refractivity contribution in [3.63, 3.8) is 0 Å². The van der Waals surface area contributed by atoms with Crippen LogP contribution in [0.15, 0.2) is 16.4 Å². The third-order valence-electron chi connectivity index (χ3n) is 7.42. The molecule has 0 aromatic carbocycles. The molecule has 34 heavy (non-hydrogen) atoms. The third kappa shape index (κ3) is 6.73. The Labute approximate surface area is 201 Å². The van der Waals surface area contributed by atoms with Gasteiger partial charge in [-0.3, -0.25) is 14.5 Å². The first-order valence-corrected chi connectivity index (χ1v) is 12.4. The summed E-state index contributed by atoms with van der Waals surface area (Å²) < 4.78 is 10.6. The normalized spacial score (nSPS) is 33.8. The van der Waals surface area contributed by atoms with Crippen molar-refractivity contribution < 1.29 is 29.2 Å². The van der Waals surface area contributed by atoms with E-state index in [0.717, 1.165) is 24.8 Å². The van der Waals surface area contributed by atoms with Crippen LogP contribution in [0, 0.1) is 11.3 Å². The van der Waals surface area contributed by atoms with Gasteiger partial charge in [0.1, 0.15) is 17.6 Å². The van der Waals surface area contributed by atoms with Gasteiger partial charge in [-0.2, -0.15) is 0 Å². The minimum atomic E-state index is -0.733. The molecule has 3 heterocycles. The van der Waals surface area contributed by atoms with Crippen LogP contribution in [0.2, 0.25) is 0 Å². The fraction of sp³-hybridized carbons (Fsp3) is 0.760. The number of aromatic nitrogens is 2. The molecule has 0 spiro atoms. The van der Waals surface area contributed by atoms with Crippen molar-refractivity contribution in [2.24, 2.45) is 11.3 Å². The molecule has 2 saturated heterocycles. The summed E-state index contributed by atoms with van der Waals surface area (Å²) >= 11 is 0. The van der Waals surface area contributed by atoms with Crippen LogP contribution in [-0.2, 0) is 14.3 Å². The molecule has 0 aliphatic carbocycles. The Hall–Kier alpha value is -2.10. The number of hydrogen-bond donors (Lipinski definition) is 2. The molecule has 0 amide bonds. The van der Waals surface area contributed by atoms with E-state index in [0.29, 0.717) is 37.5 Å². The molecular weight excluding hydrogens is 438 g/mol. The maximum Gasteiger partial charge on any atom is 0.306 e. The fourth-order valence-electron chi connectivity index (χ4n) is 5.10. The highest BCUT2D eigenvalue weighted by atomic mass is 16.6. The Kier molecular flexibility index (Phi) is 9.01. The number of ketones is 1. The number of esters is 1. The lowest BCUT2D eigenvalue weighted by molar-refractivity contribution is -0.148. The number of hydrogen-bond acceptors (Lipinski definition) is 9. The van der Waals surface area contributed by atoms with Gasteiger partial charge in [0.2, 0.25) is 0 Å². The van der Waals surface area contributed by atoms with Gasteiger partial charge in [0, 0.05) is 42.8 Å². The number of aliphatic hydroxyl groups is 2. The number of β-amino-alcohol motifs (C(OH)–C–C–N with tert-alkyl or cyclic N) is 1. The number of fused-ring (bicyclic) bond motifs is 1. The van der Waals surface area contributed by atoms with E-state index in [-0.39, 0.29) is 30.8 Å². The van der Waals surface area contributed by atoms with Gasteiger partial charge in [0.15, 0.2) is 0 Å². The number of carbonyl (C=O) groups excluding carboxylic acids is 2. The predicted molar refractivity (Wildman–Crippen MR) is 125 cm³/mol. The summed E-state index contributed by atoms with van der Waals surface area (Å²) in [5.74, 6) is -0.863. The number of carbonyl (C=O) groups is 2. The molecule has 0 radical (unpaired) electrons. The summed E-state index contributed by atoms with van der Waals surface area (Å²) in [6.07, 6.45) is 6.54. The average Bonchev–Trinajstić information content (AvgIpc) is 3.17. The second-order valence-electron chi connectivity index (χ2n) is 10.4. The van der Waals surface area contributed by atoms with Gasteiger partial charge >= 0.3 is 5.97 Å². The Bertz CT molecular complexity index is 853. The number of nitrogens with zero attached hydrogens (tertiary/aromatic N) is 3. The van der Waals surface area contributed by atoms with Crippen molar-refractivity contribution in [3.05, 3.63) is 17.5 Å². The number of ether oxygens (including phenoxy) is 1. The molecule has 2 aliphatic heterocycles. The summed E-state index contributed by atoms with van der Waals surface area (Å²) in [6, 6.07) is 0.511. The van der Waals surface area contributed by atoms with Gasteiger partial charge in [-0.15, -0.1) is 0 Å². The highest BCUT2D eigenvalue weighted by molar-refractivity contribution is 5.87. The highest BCUT2D eigenvalue weighted by Gasteiger charge is 2.47. The molecule has 2 fully saturated rings. The van der Waals surface area contributed by atoms with E-state index < -0.39 is 23.5 Å². The number of Topliss-reactive ketones (excluding diaryl/α,β-unsaturated/α-hetero) is 1. The summed E-state index contributed by atoms with van der Waals surface area (Å²) in [5.41, 5.74) is 0.661. The standard InChI is InChI=1S/C25H39N3O6/c1-16(13-18-15-26-34-27-18)22-14-20-19(28(20)11-12-29)7-5-6-8-21(30)17(2)24(32)25(3,4)10-9-23(31)33-22/h13,15,17,19-22,29-30H,5-12,14H2,1-4H3/b16-13+/t17-,19?,20?,21?,22?,28?/m1/s1. The van der Waals surface area contributed by atoms with Gasteiger partial charge in [0.05, 0.1) is 18.9 Å². The Morgan fingerprint density at radius 1 is 1.26 bits per heavy atom. The molecule has 0 bridgehead atoms. The topological polar surface area (TPSA) is 126 Å². The lowest BCUT2D eigenvalue weighted by atomic mass is 9.76. The maximum atomic E-state index is 13.0. The Morgan fingerprint density at radius 2 is 2.00 bits per heavy atom. The summed E-state index contributed by atoms with van der Waals surface area (Å²) in [4.78, 5) is 28.1. The molecule has 2 aliphatic rings. The van der Waals surface area contributed by atoms with Gasteiger partial charge in [0.25, 0.3) is 0 Å². The molecule has 1 aromatic heterocycles. The van der Waals surface area contributed by atoms with Gasteiger partial charge < -0.3 is 14.9 Å². The maximum absolute atomic E-state index is 13.0. The largest absolute Gasteiger partial charge is 0.458 e. The second-order valence-corrected chi connectivity index (χ2v) is 10.4. The first-order valence-electron chi connectivity index (χ1n) is 12.4. The van der Waals surface area contributed by atoms with E-state index >= 15 is 0 Å². The molecule has 5 unspecified atom stereocenters. The molecule has 2 N–H and O–H groups in total. The molecule has 0 saturated carbocycles. The molecule has 9 nitrogen and oxygen atoms in total. The van der Waals surface area contributed by atoms with Crippen LogP contribution in [0.3, 0.4) is 0 Å². The first-order chi connectivity index (χ1) is 16.1. The second kappa shape index (κ2) is 11.6. The lowest BCUT2D eigenvalue weighted by Crippen LogP contribution is -2.36. The van der Waals surface area contributed by atoms with Crippen LogP contribution in [0.4, 0.5) is 0 Å². The van der Waals surface area contributed by atoms with Crippen LogP contribution in [0.5, 0.6) is 0 Å². The van der Waals surface area contributed by atoms with Crippen molar-refractivity contribution in [3.8, 4) is 0 Å². The third-order valence-corrected chi connectivity index (χ3v) is 7.42. The number of rotatable bonds is 4. The molecule has 1 aromatic rings. The fourth-order valence-corrected chi connectivity index (χ4v) is 5.10. The zero-order valence-electron chi connectivity index (χ0n) is 20.8. The predicted octanol–water partition coefficient (Wildman–Crippen LogP) is 2.77. The molecule has 9 heteroatoms. The lowest BCUT2D eigenvalue weighted by Gasteiger charge is -2.29. The van der Waals surface area contributed by atoms with Crippen LogP contribution >= 0.6 is 0 Å². The van der Waals surface area contributed by atoms with Gasteiger partial charge in [-0.25, -0.2) is 4.63 Å². The first kappa shape index (κ1) is 26.5. The zero-order chi connectivity index (χ0) is 24.9. The average molecular weight is 478 g/mol. The highest BCUT2D eigenvalue weighted by Crippen LogP contribution is 2.38. The Balaban J connectivity index is 1.80. The van der Waals surface area contributed by atoms with Crippen molar-refractivity contribution in [2.45, 2.75) is 96.9 Å². The molecular formula is C25H39N3O6. The van der Waals surface area contributed by atoms with E-state index in [1.54, 1.807) is 13.0 Å². The van der Waals surface area contributed by atoms with E-state index in [1.807, 2.05) is 20.8 Å². The van der Waals surface area contributed by atoms with Gasteiger partial charge in [-0.05, 0) is 37.8 Å². The molecule has 3 rings (SSSR count). The minimum Gasteiger partial charge on any atom is -0.458 e. The van der Waals surface area contributed by atoms with Crippen LogP contribution in [0.1, 0.15) is 78.3 Å². The minimum absolute atomic E-state index is 0.0255. The monoisotopic (exact) mass is 477 g/mol. The van der Waals surface area contributed by atoms with Crippen LogP contribution < -0.4 is 0 Å². The summed E-state index contributed by atoms with van der Waals surface area (Å²) in [5, 5.41) is 27.5. The summed E-state index contributed by atoms with van der Waals surface area (Å²) in [6.45, 7) is 7.99. The molecule has 190 valence electrons. The van der Waals surface area contributed by atoms with Crippen LogP contribution in [-0.4, -0.2) is 74.6 Å². The quantitative estimate of drug-likeness (QED) is 0.497. The van der Waals surface area contributed by atoms with Crippen molar-refractivity contribution in [1.82, 2.24) is 15.2 Å². The van der Waals surface area contributed by atoms with Gasteiger partial charge in [-0.1, -0.05) is 43.9 Å². The Morgan fingerprint density at radius 3 is 2.68 bits per heavy atom.